The molecular weight excluding hydrogens is 494 g/mol. The summed E-state index contributed by atoms with van der Waals surface area (Å²) >= 11 is 5.95. The minimum Gasteiger partial charge on any atom is -0.288 e. The Bertz CT molecular complexity index is 1370. The minimum atomic E-state index is -0.992. The van der Waals surface area contributed by atoms with Gasteiger partial charge >= 0.3 is 0 Å². The second-order valence-corrected chi connectivity index (χ2v) is 9.35. The molecule has 3 heterocycles. The topological polar surface area (TPSA) is 101 Å². The van der Waals surface area contributed by atoms with Crippen LogP contribution < -0.4 is 15.4 Å². The first-order valence-corrected chi connectivity index (χ1v) is 12.2. The molecule has 0 bridgehead atoms. The molecule has 1 N–H and O–H groups in total. The van der Waals surface area contributed by atoms with Crippen molar-refractivity contribution in [3.8, 4) is 0 Å². The smallest absolute Gasteiger partial charge is 0.263 e. The first-order valence-electron chi connectivity index (χ1n) is 11.8. The van der Waals surface area contributed by atoms with E-state index in [9.17, 15) is 14.4 Å². The van der Waals surface area contributed by atoms with Crippen LogP contribution in [0.15, 0.2) is 95.3 Å². The van der Waals surface area contributed by atoms with Crippen molar-refractivity contribution in [3.05, 3.63) is 95.5 Å². The summed E-state index contributed by atoms with van der Waals surface area (Å²) in [5.74, 6) is -1.26. The third-order valence-electron chi connectivity index (χ3n) is 6.66. The van der Waals surface area contributed by atoms with Crippen molar-refractivity contribution in [1.82, 2.24) is 15.6 Å². The molecule has 37 heavy (non-hydrogen) atoms. The van der Waals surface area contributed by atoms with Crippen molar-refractivity contribution < 1.29 is 14.4 Å². The number of fused-ring (bicyclic) bond motifs is 1. The Morgan fingerprint density at radius 2 is 1.57 bits per heavy atom. The Labute approximate surface area is 217 Å². The number of hydrogen-bond donors (Lipinski definition) is 1. The average Bonchev–Trinajstić information content (AvgIpc) is 3.61. The number of nitrogens with one attached hydrogen (secondary N) is 1. The van der Waals surface area contributed by atoms with Crippen LogP contribution in [-0.4, -0.2) is 52.9 Å². The van der Waals surface area contributed by atoms with E-state index >= 15 is 0 Å². The number of amides is 3. The van der Waals surface area contributed by atoms with Crippen molar-refractivity contribution in [2.75, 3.05) is 23.0 Å². The van der Waals surface area contributed by atoms with Gasteiger partial charge in [-0.3, -0.25) is 24.4 Å². The molecule has 3 atom stereocenters. The Morgan fingerprint density at radius 1 is 0.892 bits per heavy atom. The SMILES string of the molecule is O=C1[C@@H]2N=NN(CC(=O)N3NN(c4ccccc4)C[C@H]3c3ccccc3)[C@H]2C(=O)N1c1ccc(Cl)cc1. The molecule has 11 heteroatoms. The van der Waals surface area contributed by atoms with Crippen LogP contribution in [0.3, 0.4) is 0 Å². The van der Waals surface area contributed by atoms with E-state index < -0.39 is 23.9 Å². The molecular formula is C26H22ClN7O3. The number of carbonyl (C=O) groups excluding carboxylic acids is 3. The fourth-order valence-electron chi connectivity index (χ4n) is 4.84. The highest BCUT2D eigenvalue weighted by Crippen LogP contribution is 2.33. The van der Waals surface area contributed by atoms with Crippen molar-refractivity contribution in [2.24, 2.45) is 10.3 Å². The molecule has 0 radical (unpaired) electrons. The summed E-state index contributed by atoms with van der Waals surface area (Å²) < 4.78 is 0. The van der Waals surface area contributed by atoms with E-state index in [4.69, 9.17) is 11.6 Å². The van der Waals surface area contributed by atoms with E-state index in [2.05, 4.69) is 15.9 Å². The van der Waals surface area contributed by atoms with Gasteiger partial charge in [-0.25, -0.2) is 9.91 Å². The van der Waals surface area contributed by atoms with Crippen LogP contribution in [0, 0.1) is 0 Å². The maximum absolute atomic E-state index is 13.6. The summed E-state index contributed by atoms with van der Waals surface area (Å²) in [6.45, 7) is 0.298. The number of carbonyl (C=O) groups is 3. The quantitative estimate of drug-likeness (QED) is 0.524. The summed E-state index contributed by atoms with van der Waals surface area (Å²) in [5, 5.41) is 13.3. The van der Waals surface area contributed by atoms with E-state index in [1.165, 1.54) is 5.01 Å². The second kappa shape index (κ2) is 9.30. The van der Waals surface area contributed by atoms with Gasteiger partial charge in [-0.2, -0.15) is 5.11 Å². The Morgan fingerprint density at radius 3 is 2.27 bits per heavy atom. The average molecular weight is 516 g/mol. The lowest BCUT2D eigenvalue weighted by Gasteiger charge is -2.27. The van der Waals surface area contributed by atoms with Crippen molar-refractivity contribution >= 4 is 40.7 Å². The molecule has 6 rings (SSSR count). The molecule has 3 aromatic carbocycles. The zero-order chi connectivity index (χ0) is 25.5. The van der Waals surface area contributed by atoms with Gasteiger partial charge in [0.25, 0.3) is 17.7 Å². The van der Waals surface area contributed by atoms with Gasteiger partial charge < -0.3 is 0 Å². The molecule has 0 aromatic heterocycles. The van der Waals surface area contributed by atoms with Gasteiger partial charge in [-0.05, 0) is 42.0 Å². The summed E-state index contributed by atoms with van der Waals surface area (Å²) in [4.78, 5) is 40.9. The van der Waals surface area contributed by atoms with Crippen LogP contribution in [0.5, 0.6) is 0 Å². The predicted molar refractivity (Wildman–Crippen MR) is 136 cm³/mol. The second-order valence-electron chi connectivity index (χ2n) is 8.92. The molecule has 0 unspecified atom stereocenters. The first kappa shape index (κ1) is 23.1. The molecule has 10 nitrogen and oxygen atoms in total. The lowest BCUT2D eigenvalue weighted by molar-refractivity contribution is -0.137. The van der Waals surface area contributed by atoms with Crippen LogP contribution in [-0.2, 0) is 14.4 Å². The van der Waals surface area contributed by atoms with E-state index in [1.54, 1.807) is 29.3 Å². The molecule has 2 fully saturated rings. The van der Waals surface area contributed by atoms with Gasteiger partial charge in [0.2, 0.25) is 0 Å². The van der Waals surface area contributed by atoms with Crippen LogP contribution >= 0.6 is 11.6 Å². The lowest BCUT2D eigenvalue weighted by atomic mass is 10.1. The Kier molecular flexibility index (Phi) is 5.82. The number of imide groups is 1. The number of nitrogens with zero attached hydrogens (tertiary/aromatic N) is 6. The monoisotopic (exact) mass is 515 g/mol. The summed E-state index contributed by atoms with van der Waals surface area (Å²) in [5.41, 5.74) is 5.47. The fourth-order valence-corrected chi connectivity index (χ4v) is 4.96. The van der Waals surface area contributed by atoms with E-state index in [0.717, 1.165) is 16.2 Å². The third kappa shape index (κ3) is 4.09. The van der Waals surface area contributed by atoms with Crippen molar-refractivity contribution in [2.45, 2.75) is 18.1 Å². The number of halogens is 1. The van der Waals surface area contributed by atoms with Crippen molar-refractivity contribution in [3.63, 3.8) is 0 Å². The molecule has 2 saturated heterocycles. The van der Waals surface area contributed by atoms with Gasteiger partial charge in [-0.15, -0.1) is 5.53 Å². The van der Waals surface area contributed by atoms with Gasteiger partial charge in [0.15, 0.2) is 12.1 Å². The molecule has 186 valence electrons. The fraction of sp³-hybridized carbons (Fsp3) is 0.192. The largest absolute Gasteiger partial charge is 0.288 e. The highest BCUT2D eigenvalue weighted by Gasteiger charge is 2.55. The zero-order valence-electron chi connectivity index (χ0n) is 19.5. The Balaban J connectivity index is 1.23. The highest BCUT2D eigenvalue weighted by atomic mass is 35.5. The van der Waals surface area contributed by atoms with Crippen LogP contribution in [0.1, 0.15) is 11.6 Å². The summed E-state index contributed by atoms with van der Waals surface area (Å²) in [6.07, 6.45) is 0. The molecule has 3 amide bonds. The van der Waals surface area contributed by atoms with Crippen molar-refractivity contribution in [1.29, 1.82) is 0 Å². The molecule has 0 spiro atoms. The molecule has 0 saturated carbocycles. The van der Waals surface area contributed by atoms with Gasteiger partial charge in [0.05, 0.1) is 24.0 Å². The predicted octanol–water partition coefficient (Wildman–Crippen LogP) is 3.14. The van der Waals surface area contributed by atoms with E-state index in [-0.39, 0.29) is 18.5 Å². The summed E-state index contributed by atoms with van der Waals surface area (Å²) in [7, 11) is 0. The standard InChI is InChI=1S/C26H22ClN7O3/c27-18-11-13-20(14-12-18)33-25(36)23-24(26(33)37)32(29-28-23)16-22(35)34-21(17-7-3-1-4-8-17)15-31(30-34)19-9-5-2-6-10-19/h1-14,21,23-24,30H,15-16H2/t21-,23+,24+/m0/s1. The maximum Gasteiger partial charge on any atom is 0.263 e. The van der Waals surface area contributed by atoms with Crippen LogP contribution in [0.4, 0.5) is 11.4 Å². The number of benzene rings is 3. The van der Waals surface area contributed by atoms with Gasteiger partial charge in [0, 0.05) is 5.02 Å². The number of anilines is 2. The zero-order valence-corrected chi connectivity index (χ0v) is 20.3. The molecule has 3 aliphatic heterocycles. The van der Waals surface area contributed by atoms with E-state index in [1.807, 2.05) is 65.7 Å². The number of hydrogen-bond acceptors (Lipinski definition) is 8. The number of para-hydroxylation sites is 1. The van der Waals surface area contributed by atoms with Gasteiger partial charge in [-0.1, -0.05) is 65.4 Å². The molecule has 3 aromatic rings. The molecule has 3 aliphatic rings. The number of rotatable bonds is 5. The number of hydrazine groups is 2. The minimum absolute atomic E-state index is 0.225. The Hall–Kier alpha value is -4.28. The third-order valence-corrected chi connectivity index (χ3v) is 6.91. The lowest BCUT2D eigenvalue weighted by Crippen LogP contribution is -2.50. The summed E-state index contributed by atoms with van der Waals surface area (Å²) in [6, 6.07) is 23.6. The van der Waals surface area contributed by atoms with Gasteiger partial charge in [0.1, 0.15) is 6.54 Å². The highest BCUT2D eigenvalue weighted by molar-refractivity contribution is 6.31. The van der Waals surface area contributed by atoms with E-state index in [0.29, 0.717) is 17.3 Å². The van der Waals surface area contributed by atoms with Crippen LogP contribution in [0.25, 0.3) is 0 Å². The normalized spacial score (nSPS) is 22.8. The molecule has 0 aliphatic carbocycles. The maximum atomic E-state index is 13.6. The van der Waals surface area contributed by atoms with Crippen LogP contribution in [0.2, 0.25) is 5.02 Å². The first-order chi connectivity index (χ1) is 18.0.